The normalized spacial score (nSPS) is 22.0. The molecule has 6 heteroatoms. The summed E-state index contributed by atoms with van der Waals surface area (Å²) in [5.74, 6) is 2.13. The van der Waals surface area contributed by atoms with E-state index in [0.29, 0.717) is 17.4 Å². The van der Waals surface area contributed by atoms with E-state index in [9.17, 15) is 4.79 Å². The topological polar surface area (TPSA) is 82.1 Å². The Bertz CT molecular complexity index is 765. The molecule has 1 aromatic heterocycles. The number of hydrogen-bond donors (Lipinski definition) is 2. The van der Waals surface area contributed by atoms with Crippen LogP contribution < -0.4 is 0 Å². The van der Waals surface area contributed by atoms with Crippen LogP contribution in [-0.4, -0.2) is 44.2 Å². The second-order valence-corrected chi connectivity index (χ2v) is 7.99. The monoisotopic (exact) mass is 368 g/mol. The quantitative estimate of drug-likeness (QED) is 0.835. The molecule has 1 saturated heterocycles. The van der Waals surface area contributed by atoms with Crippen LogP contribution in [0.4, 0.5) is 0 Å². The molecule has 2 fully saturated rings. The number of aromatic carboxylic acids is 1. The van der Waals surface area contributed by atoms with Gasteiger partial charge in [0.1, 0.15) is 5.82 Å². The lowest BCUT2D eigenvalue weighted by atomic mass is 9.89. The number of carbonyl (C=O) groups is 1. The molecule has 1 unspecified atom stereocenters. The fourth-order valence-corrected chi connectivity index (χ4v) is 4.45. The van der Waals surface area contributed by atoms with Crippen LogP contribution in [0.15, 0.2) is 24.3 Å². The molecule has 1 saturated carbocycles. The predicted molar refractivity (Wildman–Crippen MR) is 103 cm³/mol. The van der Waals surface area contributed by atoms with Gasteiger partial charge in [-0.25, -0.2) is 9.78 Å². The van der Waals surface area contributed by atoms with E-state index in [4.69, 9.17) is 10.1 Å². The van der Waals surface area contributed by atoms with Crippen LogP contribution >= 0.6 is 0 Å². The molecule has 1 atom stereocenters. The molecule has 2 N–H and O–H groups in total. The molecule has 1 aliphatic carbocycles. The first-order valence-corrected chi connectivity index (χ1v) is 10.2. The molecule has 2 aliphatic rings. The zero-order valence-corrected chi connectivity index (χ0v) is 15.7. The molecule has 1 aromatic carbocycles. The number of rotatable bonds is 5. The van der Waals surface area contributed by atoms with Crippen molar-refractivity contribution in [1.29, 1.82) is 0 Å². The molecule has 2 heterocycles. The number of piperidine rings is 1. The Morgan fingerprint density at radius 3 is 2.56 bits per heavy atom. The van der Waals surface area contributed by atoms with Crippen molar-refractivity contribution >= 4 is 5.97 Å². The van der Waals surface area contributed by atoms with Gasteiger partial charge in [-0.2, -0.15) is 5.10 Å². The number of nitrogens with zero attached hydrogens (tertiary/aromatic N) is 3. The van der Waals surface area contributed by atoms with Gasteiger partial charge < -0.3 is 5.11 Å². The molecule has 4 rings (SSSR count). The summed E-state index contributed by atoms with van der Waals surface area (Å²) in [5.41, 5.74) is 1.49. The van der Waals surface area contributed by atoms with Crippen molar-refractivity contribution in [3.05, 3.63) is 47.0 Å². The number of nitrogens with one attached hydrogen (secondary N) is 1. The summed E-state index contributed by atoms with van der Waals surface area (Å²) >= 11 is 0. The summed E-state index contributed by atoms with van der Waals surface area (Å²) in [7, 11) is 0. The summed E-state index contributed by atoms with van der Waals surface area (Å²) in [5, 5.41) is 16.8. The lowest BCUT2D eigenvalue weighted by Gasteiger charge is -2.31. The second kappa shape index (κ2) is 8.21. The predicted octanol–water partition coefficient (Wildman–Crippen LogP) is 3.93. The van der Waals surface area contributed by atoms with E-state index in [0.717, 1.165) is 49.7 Å². The minimum absolute atomic E-state index is 0.339. The molecule has 6 nitrogen and oxygen atoms in total. The highest BCUT2D eigenvalue weighted by atomic mass is 16.4. The Balaban J connectivity index is 1.37. The van der Waals surface area contributed by atoms with Crippen molar-refractivity contribution in [3.8, 4) is 0 Å². The van der Waals surface area contributed by atoms with Crippen LogP contribution in [0, 0.1) is 0 Å². The number of carboxylic acids is 1. The first-order valence-electron chi connectivity index (χ1n) is 10.2. The van der Waals surface area contributed by atoms with Crippen LogP contribution in [0.2, 0.25) is 0 Å². The van der Waals surface area contributed by atoms with Gasteiger partial charge in [0.15, 0.2) is 5.82 Å². The molecule has 144 valence electrons. The Morgan fingerprint density at radius 2 is 1.81 bits per heavy atom. The molecule has 0 radical (unpaired) electrons. The third-order valence-corrected chi connectivity index (χ3v) is 5.99. The fraction of sp³-hybridized carbons (Fsp3) is 0.571. The summed E-state index contributed by atoms with van der Waals surface area (Å²) in [6.07, 6.45) is 8.71. The lowest BCUT2D eigenvalue weighted by Crippen LogP contribution is -2.34. The Morgan fingerprint density at radius 1 is 1.07 bits per heavy atom. The summed E-state index contributed by atoms with van der Waals surface area (Å²) in [6, 6.07) is 7.21. The van der Waals surface area contributed by atoms with Gasteiger partial charge in [0.25, 0.3) is 0 Å². The standard InChI is InChI=1S/C21H28N4O2/c26-21(27)17-10-8-15(9-11-17)13-25-12-4-7-18(14-25)20-22-19(23-24-20)16-5-2-1-3-6-16/h8-11,16,18H,1-7,12-14H2,(H,26,27)(H,22,23,24). The fourth-order valence-electron chi connectivity index (χ4n) is 4.45. The van der Waals surface area contributed by atoms with E-state index >= 15 is 0 Å². The minimum Gasteiger partial charge on any atom is -0.478 e. The number of aromatic nitrogens is 3. The first-order chi connectivity index (χ1) is 13.2. The molecule has 0 bridgehead atoms. The number of hydrogen-bond acceptors (Lipinski definition) is 4. The Labute approximate surface area is 160 Å². The second-order valence-electron chi connectivity index (χ2n) is 7.99. The lowest BCUT2D eigenvalue weighted by molar-refractivity contribution is 0.0697. The highest BCUT2D eigenvalue weighted by Gasteiger charge is 2.26. The number of aromatic amines is 1. The van der Waals surface area contributed by atoms with Gasteiger partial charge in [-0.1, -0.05) is 31.4 Å². The highest BCUT2D eigenvalue weighted by Crippen LogP contribution is 2.32. The number of likely N-dealkylation sites (tertiary alicyclic amines) is 1. The van der Waals surface area contributed by atoms with E-state index in [1.807, 2.05) is 12.1 Å². The summed E-state index contributed by atoms with van der Waals surface area (Å²) in [4.78, 5) is 18.3. The van der Waals surface area contributed by atoms with Gasteiger partial charge >= 0.3 is 5.97 Å². The highest BCUT2D eigenvalue weighted by molar-refractivity contribution is 5.87. The molecule has 27 heavy (non-hydrogen) atoms. The molecule has 1 aliphatic heterocycles. The van der Waals surface area contributed by atoms with E-state index in [-0.39, 0.29) is 0 Å². The largest absolute Gasteiger partial charge is 0.478 e. The Hall–Kier alpha value is -2.21. The van der Waals surface area contributed by atoms with Crippen molar-refractivity contribution in [2.45, 2.75) is 63.3 Å². The van der Waals surface area contributed by atoms with Crippen LogP contribution in [0.3, 0.4) is 0 Å². The average molecular weight is 368 g/mol. The van der Waals surface area contributed by atoms with E-state index < -0.39 is 5.97 Å². The third-order valence-electron chi connectivity index (χ3n) is 5.99. The van der Waals surface area contributed by atoms with Gasteiger partial charge in [-0.05, 0) is 49.9 Å². The maximum Gasteiger partial charge on any atom is 0.335 e. The van der Waals surface area contributed by atoms with Crippen molar-refractivity contribution < 1.29 is 9.90 Å². The average Bonchev–Trinajstić information content (AvgIpc) is 3.20. The van der Waals surface area contributed by atoms with Crippen molar-refractivity contribution in [2.75, 3.05) is 13.1 Å². The van der Waals surface area contributed by atoms with Gasteiger partial charge in [-0.3, -0.25) is 10.00 Å². The van der Waals surface area contributed by atoms with Crippen molar-refractivity contribution in [1.82, 2.24) is 20.1 Å². The van der Waals surface area contributed by atoms with Crippen LogP contribution in [0.25, 0.3) is 0 Å². The number of benzene rings is 1. The van der Waals surface area contributed by atoms with Crippen molar-refractivity contribution in [3.63, 3.8) is 0 Å². The number of carboxylic acid groups (broad SMARTS) is 1. The van der Waals surface area contributed by atoms with Gasteiger partial charge in [0.05, 0.1) is 5.56 Å². The smallest absolute Gasteiger partial charge is 0.335 e. The van der Waals surface area contributed by atoms with Gasteiger partial charge in [0.2, 0.25) is 0 Å². The number of H-pyrrole nitrogens is 1. The van der Waals surface area contributed by atoms with E-state index in [2.05, 4.69) is 15.1 Å². The minimum atomic E-state index is -0.877. The molecule has 2 aromatic rings. The first kappa shape index (κ1) is 18.2. The Kier molecular flexibility index (Phi) is 5.53. The van der Waals surface area contributed by atoms with Gasteiger partial charge in [0, 0.05) is 24.9 Å². The molecule has 0 spiro atoms. The molecular weight excluding hydrogens is 340 g/mol. The SMILES string of the molecule is O=C(O)c1ccc(CN2CCCC(c3n[nH]c(C4CCCCC4)n3)C2)cc1. The van der Waals surface area contributed by atoms with E-state index in [1.54, 1.807) is 12.1 Å². The van der Waals surface area contributed by atoms with Gasteiger partial charge in [-0.15, -0.1) is 0 Å². The van der Waals surface area contributed by atoms with Crippen LogP contribution in [0.1, 0.15) is 84.4 Å². The van der Waals surface area contributed by atoms with Crippen LogP contribution in [0.5, 0.6) is 0 Å². The van der Waals surface area contributed by atoms with E-state index in [1.165, 1.54) is 32.1 Å². The summed E-state index contributed by atoms with van der Waals surface area (Å²) < 4.78 is 0. The zero-order valence-electron chi connectivity index (χ0n) is 15.7. The maximum atomic E-state index is 11.0. The zero-order chi connectivity index (χ0) is 18.6. The third kappa shape index (κ3) is 4.38. The van der Waals surface area contributed by atoms with Crippen LogP contribution in [-0.2, 0) is 6.54 Å². The molecule has 0 amide bonds. The maximum absolute atomic E-state index is 11.0. The van der Waals surface area contributed by atoms with Crippen molar-refractivity contribution in [2.24, 2.45) is 0 Å². The summed E-state index contributed by atoms with van der Waals surface area (Å²) in [6.45, 7) is 2.87. The molecular formula is C21H28N4O2.